The summed E-state index contributed by atoms with van der Waals surface area (Å²) in [4.78, 5) is 6.28. The van der Waals surface area contributed by atoms with Crippen LogP contribution >= 0.6 is 22.6 Å². The highest BCUT2D eigenvalue weighted by atomic mass is 127. The van der Waals surface area contributed by atoms with E-state index in [9.17, 15) is 13.9 Å². The van der Waals surface area contributed by atoms with Crippen molar-refractivity contribution in [1.29, 1.82) is 0 Å². The lowest BCUT2D eigenvalue weighted by molar-refractivity contribution is -0.153. The average molecular weight is 546 g/mol. The molecular formula is C23H29F2IN2O3. The van der Waals surface area contributed by atoms with Crippen molar-refractivity contribution in [3.8, 4) is 5.75 Å². The quantitative estimate of drug-likeness (QED) is 0.140. The Labute approximate surface area is 196 Å². The summed E-state index contributed by atoms with van der Waals surface area (Å²) in [5, 5.41) is 11.1. The van der Waals surface area contributed by atoms with Crippen LogP contribution in [0.25, 0.3) is 0 Å². The highest BCUT2D eigenvalue weighted by Gasteiger charge is 2.54. The first-order valence-corrected chi connectivity index (χ1v) is 11.0. The largest absolute Gasteiger partial charge is 0.496 e. The first-order valence-electron chi connectivity index (χ1n) is 9.96. The van der Waals surface area contributed by atoms with Gasteiger partial charge in [0.1, 0.15) is 5.75 Å². The molecule has 2 rings (SSSR count). The molecule has 0 spiro atoms. The van der Waals surface area contributed by atoms with Crippen LogP contribution in [0.5, 0.6) is 5.75 Å². The van der Waals surface area contributed by atoms with Crippen LogP contribution in [-0.4, -0.2) is 54.2 Å². The summed E-state index contributed by atoms with van der Waals surface area (Å²) >= 11 is 0.951. The molecule has 0 fully saturated rings. The average Bonchev–Trinajstić information content (AvgIpc) is 2.75. The zero-order valence-electron chi connectivity index (χ0n) is 18.2. The molecule has 0 saturated carbocycles. The molecule has 0 bridgehead atoms. The molecule has 0 radical (unpaired) electrons. The van der Waals surface area contributed by atoms with Crippen molar-refractivity contribution in [2.45, 2.75) is 29.8 Å². The van der Waals surface area contributed by atoms with Gasteiger partial charge in [0.25, 0.3) is 0 Å². The molecule has 2 aromatic carbocycles. The fraction of sp³-hybridized carbons (Fsp3) is 0.435. The number of aliphatic imine (C=N–C) groups is 1. The number of methoxy groups -OCH3 is 1. The van der Waals surface area contributed by atoms with E-state index in [-0.39, 0.29) is 17.9 Å². The summed E-state index contributed by atoms with van der Waals surface area (Å²) in [5.74, 6) is 0.127. The van der Waals surface area contributed by atoms with Gasteiger partial charge in [-0.3, -0.25) is 0 Å². The lowest BCUT2D eigenvalue weighted by Crippen LogP contribution is -2.45. The molecule has 170 valence electrons. The number of hydrogen-bond donors (Lipinski definition) is 1. The van der Waals surface area contributed by atoms with Crippen molar-refractivity contribution >= 4 is 34.6 Å². The zero-order chi connectivity index (χ0) is 23.1. The molecule has 2 aromatic rings. The third-order valence-corrected chi connectivity index (χ3v) is 5.91. The summed E-state index contributed by atoms with van der Waals surface area (Å²) in [5.41, 5.74) is -0.359. The number of hydrogen-bond acceptors (Lipinski definition) is 4. The van der Waals surface area contributed by atoms with Crippen molar-refractivity contribution in [2.24, 2.45) is 4.99 Å². The maximum absolute atomic E-state index is 14.6. The predicted octanol–water partition coefficient (Wildman–Crippen LogP) is 5.09. The number of ether oxygens (including phenoxy) is 2. The van der Waals surface area contributed by atoms with Crippen molar-refractivity contribution in [3.63, 3.8) is 0 Å². The molecule has 0 aromatic heterocycles. The third-order valence-electron chi connectivity index (χ3n) is 5.01. The Kier molecular flexibility index (Phi) is 9.20. The topological polar surface area (TPSA) is 54.3 Å². The van der Waals surface area contributed by atoms with E-state index < -0.39 is 16.1 Å². The summed E-state index contributed by atoms with van der Waals surface area (Å²) < 4.78 is 36.6. The molecule has 0 aliphatic rings. The molecule has 0 amide bonds. The van der Waals surface area contributed by atoms with Gasteiger partial charge in [-0.15, -0.1) is 0 Å². The predicted molar refractivity (Wildman–Crippen MR) is 128 cm³/mol. The van der Waals surface area contributed by atoms with Crippen LogP contribution in [0.4, 0.5) is 14.5 Å². The standard InChI is InChI=1S/C23H29F2IN2O3/c1-5-28(3)16-27-20-14-21(30-4)19(13-17(20)2)22(29,23(24,25)26)15-31-12-11-18-9-7-6-8-10-18/h6-10,13-14,16,29H,5,11-12,15H2,1-4H3. The Bertz CT molecular complexity index is 875. The van der Waals surface area contributed by atoms with E-state index in [2.05, 4.69) is 4.99 Å². The van der Waals surface area contributed by atoms with Crippen molar-refractivity contribution in [2.75, 3.05) is 33.9 Å². The fourth-order valence-electron chi connectivity index (χ4n) is 2.92. The Balaban J connectivity index is 2.29. The normalized spacial score (nSPS) is 13.9. The van der Waals surface area contributed by atoms with Crippen LogP contribution in [0, 0.1) is 6.92 Å². The van der Waals surface area contributed by atoms with Crippen LogP contribution < -0.4 is 4.74 Å². The number of benzene rings is 2. The first kappa shape index (κ1) is 25.5. The van der Waals surface area contributed by atoms with Crippen LogP contribution in [0.15, 0.2) is 47.5 Å². The maximum atomic E-state index is 14.6. The van der Waals surface area contributed by atoms with Crippen molar-refractivity contribution < 1.29 is 23.4 Å². The monoisotopic (exact) mass is 546 g/mol. The van der Waals surface area contributed by atoms with Gasteiger partial charge < -0.3 is 19.5 Å². The van der Waals surface area contributed by atoms with E-state index in [1.165, 1.54) is 13.2 Å². The maximum Gasteiger partial charge on any atom is 0.330 e. The molecule has 0 heterocycles. The molecule has 0 aliphatic carbocycles. The number of alkyl halides is 3. The van der Waals surface area contributed by atoms with Gasteiger partial charge >= 0.3 is 3.93 Å². The Morgan fingerprint density at radius 1 is 1.23 bits per heavy atom. The lowest BCUT2D eigenvalue weighted by Gasteiger charge is -2.34. The van der Waals surface area contributed by atoms with Gasteiger partial charge in [0.05, 0.1) is 32.3 Å². The summed E-state index contributed by atoms with van der Waals surface area (Å²) in [6, 6.07) is 12.6. The third kappa shape index (κ3) is 6.60. The van der Waals surface area contributed by atoms with E-state index in [1.54, 1.807) is 19.3 Å². The lowest BCUT2D eigenvalue weighted by atomic mass is 9.92. The van der Waals surface area contributed by atoms with Crippen LogP contribution in [0.3, 0.4) is 0 Å². The second-order valence-corrected chi connectivity index (χ2v) is 8.66. The first-order chi connectivity index (χ1) is 14.6. The van der Waals surface area contributed by atoms with Crippen LogP contribution in [0.2, 0.25) is 0 Å². The minimum absolute atomic E-state index is 0.0330. The highest BCUT2D eigenvalue weighted by Crippen LogP contribution is 2.47. The Morgan fingerprint density at radius 3 is 2.48 bits per heavy atom. The molecule has 5 nitrogen and oxygen atoms in total. The number of rotatable bonds is 11. The van der Waals surface area contributed by atoms with E-state index in [0.717, 1.165) is 34.7 Å². The van der Waals surface area contributed by atoms with Crippen LogP contribution in [-0.2, 0) is 16.8 Å². The summed E-state index contributed by atoms with van der Waals surface area (Å²) in [6.07, 6.45) is 2.21. The Hall–Kier alpha value is -1.78. The zero-order valence-corrected chi connectivity index (χ0v) is 20.4. The van der Waals surface area contributed by atoms with E-state index >= 15 is 0 Å². The molecule has 1 atom stereocenters. The molecule has 0 saturated heterocycles. The summed E-state index contributed by atoms with van der Waals surface area (Å²) in [6.45, 7) is 4.14. The molecule has 31 heavy (non-hydrogen) atoms. The van der Waals surface area contributed by atoms with Crippen molar-refractivity contribution in [3.05, 3.63) is 59.2 Å². The molecule has 8 heteroatoms. The highest BCUT2D eigenvalue weighted by molar-refractivity contribution is 14.1. The van der Waals surface area contributed by atoms with Crippen molar-refractivity contribution in [1.82, 2.24) is 4.90 Å². The van der Waals surface area contributed by atoms with E-state index in [1.807, 2.05) is 49.2 Å². The van der Waals surface area contributed by atoms with Gasteiger partial charge in [-0.05, 0) is 37.5 Å². The number of nitrogens with zero attached hydrogens (tertiary/aromatic N) is 2. The molecule has 0 aliphatic heterocycles. The van der Waals surface area contributed by atoms with Gasteiger partial charge in [0.15, 0.2) is 5.60 Å². The number of aliphatic hydroxyl groups is 1. The minimum Gasteiger partial charge on any atom is -0.496 e. The van der Waals surface area contributed by atoms with Gasteiger partial charge in [-0.1, -0.05) is 30.3 Å². The Morgan fingerprint density at radius 2 is 1.90 bits per heavy atom. The molecular weight excluding hydrogens is 517 g/mol. The van der Waals surface area contributed by atoms with E-state index in [0.29, 0.717) is 17.7 Å². The second kappa shape index (κ2) is 11.2. The molecule has 1 unspecified atom stereocenters. The fourth-order valence-corrected chi connectivity index (χ4v) is 3.36. The van der Waals surface area contributed by atoms with Crippen LogP contribution in [0.1, 0.15) is 23.6 Å². The van der Waals surface area contributed by atoms with E-state index in [4.69, 9.17) is 9.47 Å². The van der Waals surface area contributed by atoms with Gasteiger partial charge in [-0.25, -0.2) is 4.99 Å². The van der Waals surface area contributed by atoms with Gasteiger partial charge in [0, 0.05) is 47.8 Å². The smallest absolute Gasteiger partial charge is 0.330 e. The molecule has 1 N–H and O–H groups in total. The SMILES string of the molecule is CCN(C)C=Nc1cc(OC)c(C(O)(COCCc2ccccc2)C(F)(F)I)cc1C. The number of halogens is 3. The van der Waals surface area contributed by atoms with Gasteiger partial charge in [-0.2, -0.15) is 8.78 Å². The minimum atomic E-state index is -3.50. The second-order valence-electron chi connectivity index (χ2n) is 7.30. The summed E-state index contributed by atoms with van der Waals surface area (Å²) in [7, 11) is 3.26. The van der Waals surface area contributed by atoms with Gasteiger partial charge in [0.2, 0.25) is 0 Å². The number of aryl methyl sites for hydroxylation is 1.